The number of aryl methyl sites for hydroxylation is 1. The van der Waals surface area contributed by atoms with Gasteiger partial charge >= 0.3 is 0 Å². The minimum absolute atomic E-state index is 0.666. The van der Waals surface area contributed by atoms with Crippen molar-refractivity contribution in [3.05, 3.63) is 41.6 Å². The van der Waals surface area contributed by atoms with E-state index in [1.807, 2.05) is 6.20 Å². The van der Waals surface area contributed by atoms with Crippen LogP contribution in [0.5, 0.6) is 0 Å². The van der Waals surface area contributed by atoms with Crippen molar-refractivity contribution in [2.24, 2.45) is 5.92 Å². The van der Waals surface area contributed by atoms with E-state index >= 15 is 0 Å². The Balaban J connectivity index is 2.10. The van der Waals surface area contributed by atoms with E-state index in [4.69, 9.17) is 0 Å². The fourth-order valence-electron chi connectivity index (χ4n) is 1.91. The van der Waals surface area contributed by atoms with Gasteiger partial charge < -0.3 is 5.32 Å². The Labute approximate surface area is 109 Å². The van der Waals surface area contributed by atoms with E-state index in [1.54, 1.807) is 0 Å². The fraction of sp³-hybridized carbons (Fsp3) is 0.400. The lowest BCUT2D eigenvalue weighted by atomic mass is 10.1. The van der Waals surface area contributed by atoms with Crippen LogP contribution in [0.3, 0.4) is 0 Å². The van der Waals surface area contributed by atoms with Crippen molar-refractivity contribution in [3.63, 3.8) is 0 Å². The number of nitrogens with zero attached hydrogens (tertiary/aromatic N) is 1. The van der Waals surface area contributed by atoms with Crippen molar-refractivity contribution in [2.45, 2.75) is 27.3 Å². The van der Waals surface area contributed by atoms with Gasteiger partial charge in [-0.15, -0.1) is 0 Å². The molecule has 0 saturated carbocycles. The highest BCUT2D eigenvalue weighted by Crippen LogP contribution is 2.21. The molecule has 0 saturated heterocycles. The van der Waals surface area contributed by atoms with Gasteiger partial charge in [0, 0.05) is 12.1 Å². The number of hydrogen-bond donors (Lipinski definition) is 2. The van der Waals surface area contributed by atoms with Crippen LogP contribution in [0.2, 0.25) is 0 Å². The molecule has 96 valence electrons. The Morgan fingerprint density at radius 3 is 2.61 bits per heavy atom. The zero-order chi connectivity index (χ0) is 13.0. The predicted molar refractivity (Wildman–Crippen MR) is 75.3 cm³/mol. The van der Waals surface area contributed by atoms with Crippen LogP contribution in [0, 0.1) is 12.8 Å². The Hall–Kier alpha value is -1.61. The Morgan fingerprint density at radius 1 is 1.22 bits per heavy atom. The summed E-state index contributed by atoms with van der Waals surface area (Å²) < 4.78 is 0. The summed E-state index contributed by atoms with van der Waals surface area (Å²) in [5, 5.41) is 10.7. The van der Waals surface area contributed by atoms with Gasteiger partial charge in [-0.05, 0) is 24.9 Å². The molecule has 0 amide bonds. The standard InChI is InChI=1S/C15H21N3/c1-11(2)8-16-9-14-10-17-18-15(14)13-6-4-12(3)5-7-13/h4-7,10-11,16H,8-9H2,1-3H3,(H,17,18). The van der Waals surface area contributed by atoms with Crippen LogP contribution in [0.15, 0.2) is 30.5 Å². The molecule has 2 rings (SSSR count). The summed E-state index contributed by atoms with van der Waals surface area (Å²) >= 11 is 0. The second kappa shape index (κ2) is 5.83. The lowest BCUT2D eigenvalue weighted by Gasteiger charge is -2.08. The van der Waals surface area contributed by atoms with Gasteiger partial charge in [0.25, 0.3) is 0 Å². The van der Waals surface area contributed by atoms with Crippen molar-refractivity contribution in [1.82, 2.24) is 15.5 Å². The molecule has 0 aliphatic carbocycles. The summed E-state index contributed by atoms with van der Waals surface area (Å²) in [7, 11) is 0. The molecule has 0 atom stereocenters. The van der Waals surface area contributed by atoms with Crippen molar-refractivity contribution in [3.8, 4) is 11.3 Å². The maximum atomic E-state index is 4.15. The summed E-state index contributed by atoms with van der Waals surface area (Å²) in [5.74, 6) is 0.666. The van der Waals surface area contributed by atoms with Crippen LogP contribution < -0.4 is 5.32 Å². The highest BCUT2D eigenvalue weighted by Gasteiger charge is 2.07. The van der Waals surface area contributed by atoms with Crippen LogP contribution in [0.4, 0.5) is 0 Å². The molecule has 0 radical (unpaired) electrons. The van der Waals surface area contributed by atoms with Gasteiger partial charge in [-0.2, -0.15) is 5.10 Å². The molecule has 1 aromatic heterocycles. The van der Waals surface area contributed by atoms with Gasteiger partial charge in [0.15, 0.2) is 0 Å². The van der Waals surface area contributed by atoms with E-state index < -0.39 is 0 Å². The second-order valence-corrected chi connectivity index (χ2v) is 5.16. The van der Waals surface area contributed by atoms with Gasteiger partial charge in [-0.3, -0.25) is 5.10 Å². The largest absolute Gasteiger partial charge is 0.312 e. The lowest BCUT2D eigenvalue weighted by Crippen LogP contribution is -2.19. The summed E-state index contributed by atoms with van der Waals surface area (Å²) in [5.41, 5.74) is 4.81. The summed E-state index contributed by atoms with van der Waals surface area (Å²) in [6.07, 6.45) is 1.91. The van der Waals surface area contributed by atoms with Crippen LogP contribution in [0.1, 0.15) is 25.0 Å². The molecular formula is C15H21N3. The summed E-state index contributed by atoms with van der Waals surface area (Å²) in [6.45, 7) is 8.41. The third kappa shape index (κ3) is 3.20. The topological polar surface area (TPSA) is 40.7 Å². The van der Waals surface area contributed by atoms with Crippen molar-refractivity contribution in [2.75, 3.05) is 6.54 Å². The molecule has 0 bridgehead atoms. The SMILES string of the molecule is Cc1ccc(-c2[nH]ncc2CNCC(C)C)cc1. The molecule has 1 aromatic carbocycles. The van der Waals surface area contributed by atoms with Gasteiger partial charge in [-0.1, -0.05) is 43.7 Å². The first kappa shape index (κ1) is 12.8. The van der Waals surface area contributed by atoms with E-state index in [9.17, 15) is 0 Å². The Morgan fingerprint density at radius 2 is 1.94 bits per heavy atom. The van der Waals surface area contributed by atoms with Crippen molar-refractivity contribution >= 4 is 0 Å². The molecule has 0 spiro atoms. The van der Waals surface area contributed by atoms with Gasteiger partial charge in [0.05, 0.1) is 11.9 Å². The third-order valence-electron chi connectivity index (χ3n) is 2.93. The quantitative estimate of drug-likeness (QED) is 0.847. The van der Waals surface area contributed by atoms with Crippen LogP contribution in [-0.4, -0.2) is 16.7 Å². The number of aromatic amines is 1. The highest BCUT2D eigenvalue weighted by molar-refractivity contribution is 5.62. The van der Waals surface area contributed by atoms with Gasteiger partial charge in [0.2, 0.25) is 0 Å². The van der Waals surface area contributed by atoms with E-state index in [1.165, 1.54) is 16.7 Å². The molecule has 2 N–H and O–H groups in total. The molecular weight excluding hydrogens is 222 g/mol. The predicted octanol–water partition coefficient (Wildman–Crippen LogP) is 3.13. The third-order valence-corrected chi connectivity index (χ3v) is 2.93. The van der Waals surface area contributed by atoms with E-state index in [0.717, 1.165) is 18.8 Å². The Kier molecular flexibility index (Phi) is 4.15. The van der Waals surface area contributed by atoms with Crippen molar-refractivity contribution in [1.29, 1.82) is 0 Å². The van der Waals surface area contributed by atoms with Crippen LogP contribution in [-0.2, 0) is 6.54 Å². The number of benzene rings is 1. The first-order valence-corrected chi connectivity index (χ1v) is 6.47. The highest BCUT2D eigenvalue weighted by atomic mass is 15.1. The van der Waals surface area contributed by atoms with E-state index in [2.05, 4.69) is 60.6 Å². The summed E-state index contributed by atoms with van der Waals surface area (Å²) in [6, 6.07) is 8.52. The van der Waals surface area contributed by atoms with E-state index in [0.29, 0.717) is 5.92 Å². The lowest BCUT2D eigenvalue weighted by molar-refractivity contribution is 0.553. The van der Waals surface area contributed by atoms with E-state index in [-0.39, 0.29) is 0 Å². The fourth-order valence-corrected chi connectivity index (χ4v) is 1.91. The molecule has 2 aromatic rings. The van der Waals surface area contributed by atoms with Crippen LogP contribution in [0.25, 0.3) is 11.3 Å². The maximum Gasteiger partial charge on any atom is 0.0695 e. The first-order valence-electron chi connectivity index (χ1n) is 6.47. The zero-order valence-electron chi connectivity index (χ0n) is 11.3. The number of rotatable bonds is 5. The molecule has 18 heavy (non-hydrogen) atoms. The molecule has 1 heterocycles. The van der Waals surface area contributed by atoms with Crippen LogP contribution >= 0.6 is 0 Å². The molecule has 0 unspecified atom stereocenters. The number of H-pyrrole nitrogens is 1. The molecule has 0 aliphatic rings. The normalized spacial score (nSPS) is 11.1. The van der Waals surface area contributed by atoms with Gasteiger partial charge in [0.1, 0.15) is 0 Å². The second-order valence-electron chi connectivity index (χ2n) is 5.16. The molecule has 0 fully saturated rings. The number of hydrogen-bond acceptors (Lipinski definition) is 2. The monoisotopic (exact) mass is 243 g/mol. The Bertz CT molecular complexity index is 483. The van der Waals surface area contributed by atoms with Crippen molar-refractivity contribution < 1.29 is 0 Å². The maximum absolute atomic E-state index is 4.15. The number of nitrogens with one attached hydrogen (secondary N) is 2. The average Bonchev–Trinajstić information content (AvgIpc) is 2.78. The average molecular weight is 243 g/mol. The number of aromatic nitrogens is 2. The summed E-state index contributed by atoms with van der Waals surface area (Å²) in [4.78, 5) is 0. The molecule has 3 heteroatoms. The zero-order valence-corrected chi connectivity index (χ0v) is 11.3. The molecule has 0 aliphatic heterocycles. The minimum Gasteiger partial charge on any atom is -0.312 e. The first-order chi connectivity index (χ1) is 8.66. The van der Waals surface area contributed by atoms with Gasteiger partial charge in [-0.25, -0.2) is 0 Å². The smallest absolute Gasteiger partial charge is 0.0695 e. The minimum atomic E-state index is 0.666. The molecule has 3 nitrogen and oxygen atoms in total.